The molecule has 1 heterocycles. The molecule has 1 aromatic rings. The molecule has 19 heavy (non-hydrogen) atoms. The third-order valence-corrected chi connectivity index (χ3v) is 3.71. The molecule has 0 radical (unpaired) electrons. The topological polar surface area (TPSA) is 24.5 Å². The van der Waals surface area contributed by atoms with E-state index in [-0.39, 0.29) is 0 Å². The van der Waals surface area contributed by atoms with Gasteiger partial charge in [0.1, 0.15) is 5.75 Å². The lowest BCUT2D eigenvalue weighted by Crippen LogP contribution is -2.29. The Morgan fingerprint density at radius 3 is 2.95 bits per heavy atom. The lowest BCUT2D eigenvalue weighted by molar-refractivity contribution is 0.260. The van der Waals surface area contributed by atoms with E-state index < -0.39 is 0 Å². The molecule has 1 fully saturated rings. The van der Waals surface area contributed by atoms with Crippen LogP contribution in [0.2, 0.25) is 5.02 Å². The predicted octanol–water partition coefficient (Wildman–Crippen LogP) is 2.79. The minimum atomic E-state index is 0.695. The lowest BCUT2D eigenvalue weighted by Gasteiger charge is -2.19. The molecule has 1 saturated heterocycles. The van der Waals surface area contributed by atoms with Crippen LogP contribution in [0, 0.1) is 0 Å². The Morgan fingerprint density at radius 2 is 2.05 bits per heavy atom. The van der Waals surface area contributed by atoms with Gasteiger partial charge in [0.05, 0.1) is 11.6 Å². The second-order valence-corrected chi connectivity index (χ2v) is 5.34. The summed E-state index contributed by atoms with van der Waals surface area (Å²) in [4.78, 5) is 2.54. The molecule has 0 atom stereocenters. The van der Waals surface area contributed by atoms with Crippen molar-refractivity contribution >= 4 is 11.6 Å². The van der Waals surface area contributed by atoms with Crippen molar-refractivity contribution in [2.24, 2.45) is 0 Å². The molecule has 0 amide bonds. The van der Waals surface area contributed by atoms with Crippen LogP contribution in [-0.2, 0) is 0 Å². The highest BCUT2D eigenvalue weighted by Gasteiger charge is 2.07. The van der Waals surface area contributed by atoms with Crippen LogP contribution in [0.1, 0.15) is 19.3 Å². The van der Waals surface area contributed by atoms with Crippen molar-refractivity contribution in [3.63, 3.8) is 0 Å². The summed E-state index contributed by atoms with van der Waals surface area (Å²) in [6, 6.07) is 7.65. The van der Waals surface area contributed by atoms with Gasteiger partial charge in [0.2, 0.25) is 0 Å². The zero-order valence-electron chi connectivity index (χ0n) is 11.4. The Morgan fingerprint density at radius 1 is 1.16 bits per heavy atom. The number of unbranched alkanes of at least 4 members (excludes halogenated alkanes) is 1. The highest BCUT2D eigenvalue weighted by atomic mass is 35.5. The fraction of sp³-hybridized carbons (Fsp3) is 0.600. The molecule has 1 aromatic carbocycles. The predicted molar refractivity (Wildman–Crippen MR) is 80.1 cm³/mol. The molecular weight excluding hydrogens is 260 g/mol. The maximum Gasteiger partial charge on any atom is 0.137 e. The number of hydrogen-bond donors (Lipinski definition) is 1. The summed E-state index contributed by atoms with van der Waals surface area (Å²) >= 11 is 6.04. The molecule has 1 aliphatic rings. The molecule has 0 bridgehead atoms. The van der Waals surface area contributed by atoms with Crippen molar-refractivity contribution in [1.82, 2.24) is 10.2 Å². The molecule has 1 aliphatic heterocycles. The van der Waals surface area contributed by atoms with Crippen molar-refractivity contribution in [2.75, 3.05) is 39.3 Å². The van der Waals surface area contributed by atoms with Crippen LogP contribution in [0.5, 0.6) is 5.75 Å². The first-order valence-corrected chi connectivity index (χ1v) is 7.54. The average molecular weight is 283 g/mol. The number of ether oxygens (including phenoxy) is 1. The number of nitrogens with one attached hydrogen (secondary N) is 1. The second kappa shape index (κ2) is 8.41. The minimum absolute atomic E-state index is 0.695. The van der Waals surface area contributed by atoms with Crippen molar-refractivity contribution in [2.45, 2.75) is 19.3 Å². The van der Waals surface area contributed by atoms with Gasteiger partial charge in [0, 0.05) is 13.1 Å². The van der Waals surface area contributed by atoms with E-state index in [1.54, 1.807) is 0 Å². The van der Waals surface area contributed by atoms with Gasteiger partial charge in [-0.2, -0.15) is 0 Å². The third-order valence-electron chi connectivity index (χ3n) is 3.40. The van der Waals surface area contributed by atoms with Gasteiger partial charge in [-0.1, -0.05) is 23.7 Å². The van der Waals surface area contributed by atoms with Gasteiger partial charge in [-0.15, -0.1) is 0 Å². The summed E-state index contributed by atoms with van der Waals surface area (Å²) in [5.41, 5.74) is 0. The molecule has 0 spiro atoms. The lowest BCUT2D eigenvalue weighted by atomic mass is 10.3. The van der Waals surface area contributed by atoms with Crippen LogP contribution in [0.25, 0.3) is 0 Å². The Balaban J connectivity index is 1.58. The Kier molecular flexibility index (Phi) is 6.48. The van der Waals surface area contributed by atoms with E-state index in [4.69, 9.17) is 16.3 Å². The molecule has 0 aromatic heterocycles. The van der Waals surface area contributed by atoms with Crippen LogP contribution in [0.15, 0.2) is 24.3 Å². The van der Waals surface area contributed by atoms with Gasteiger partial charge >= 0.3 is 0 Å². The van der Waals surface area contributed by atoms with E-state index in [0.717, 1.165) is 31.9 Å². The summed E-state index contributed by atoms with van der Waals surface area (Å²) in [5.74, 6) is 0.795. The van der Waals surface area contributed by atoms with Crippen LogP contribution in [0.3, 0.4) is 0 Å². The number of halogens is 1. The summed E-state index contributed by atoms with van der Waals surface area (Å²) in [6.45, 7) is 6.59. The average Bonchev–Trinajstić information content (AvgIpc) is 2.69. The van der Waals surface area contributed by atoms with Crippen molar-refractivity contribution < 1.29 is 4.74 Å². The number of nitrogens with zero attached hydrogens (tertiary/aromatic N) is 1. The van der Waals surface area contributed by atoms with Crippen molar-refractivity contribution in [1.29, 1.82) is 0 Å². The highest BCUT2D eigenvalue weighted by Crippen LogP contribution is 2.23. The standard InChI is InChI=1S/C15H23ClN2O/c16-14-6-1-2-7-15(14)19-13-4-3-10-18-11-5-8-17-9-12-18/h1-2,6-7,17H,3-5,8-13H2. The maximum absolute atomic E-state index is 6.04. The monoisotopic (exact) mass is 282 g/mol. The third kappa shape index (κ3) is 5.39. The Hall–Kier alpha value is -0.770. The van der Waals surface area contributed by atoms with Crippen LogP contribution in [0.4, 0.5) is 0 Å². The molecule has 0 aliphatic carbocycles. The van der Waals surface area contributed by atoms with Gasteiger partial charge < -0.3 is 15.0 Å². The van der Waals surface area contributed by atoms with Gasteiger partial charge in [0.15, 0.2) is 0 Å². The SMILES string of the molecule is Clc1ccccc1OCCCCN1CCCNCC1. The summed E-state index contributed by atoms with van der Waals surface area (Å²) in [5, 5.41) is 4.12. The molecule has 3 nitrogen and oxygen atoms in total. The molecule has 0 unspecified atom stereocenters. The first kappa shape index (κ1) is 14.6. The van der Waals surface area contributed by atoms with Gasteiger partial charge in [0.25, 0.3) is 0 Å². The molecule has 2 rings (SSSR count). The number of benzene rings is 1. The first-order chi connectivity index (χ1) is 9.36. The van der Waals surface area contributed by atoms with E-state index in [2.05, 4.69) is 10.2 Å². The van der Waals surface area contributed by atoms with E-state index in [0.29, 0.717) is 5.02 Å². The zero-order valence-corrected chi connectivity index (χ0v) is 12.2. The molecule has 1 N–H and O–H groups in total. The zero-order chi connectivity index (χ0) is 13.3. The first-order valence-electron chi connectivity index (χ1n) is 7.16. The molecule has 106 valence electrons. The number of rotatable bonds is 6. The smallest absolute Gasteiger partial charge is 0.137 e. The van der Waals surface area contributed by atoms with Gasteiger partial charge in [-0.25, -0.2) is 0 Å². The minimum Gasteiger partial charge on any atom is -0.492 e. The van der Waals surface area contributed by atoms with Crippen molar-refractivity contribution in [3.8, 4) is 5.75 Å². The van der Waals surface area contributed by atoms with Crippen molar-refractivity contribution in [3.05, 3.63) is 29.3 Å². The number of hydrogen-bond acceptors (Lipinski definition) is 3. The van der Waals surface area contributed by atoms with Gasteiger partial charge in [-0.05, 0) is 51.0 Å². The quantitative estimate of drug-likeness (QED) is 0.812. The van der Waals surface area contributed by atoms with Crippen LogP contribution < -0.4 is 10.1 Å². The fourth-order valence-corrected chi connectivity index (χ4v) is 2.50. The molecular formula is C15H23ClN2O. The Labute approximate surface area is 120 Å². The van der Waals surface area contributed by atoms with E-state index in [9.17, 15) is 0 Å². The number of para-hydroxylation sites is 1. The molecule has 0 saturated carbocycles. The normalized spacial score (nSPS) is 17.1. The van der Waals surface area contributed by atoms with E-state index >= 15 is 0 Å². The van der Waals surface area contributed by atoms with E-state index in [1.165, 1.54) is 32.5 Å². The van der Waals surface area contributed by atoms with Gasteiger partial charge in [-0.3, -0.25) is 0 Å². The highest BCUT2D eigenvalue weighted by molar-refractivity contribution is 6.32. The Bertz CT molecular complexity index is 365. The van der Waals surface area contributed by atoms with Crippen LogP contribution >= 0.6 is 11.6 Å². The summed E-state index contributed by atoms with van der Waals surface area (Å²) in [6.07, 6.45) is 3.52. The fourth-order valence-electron chi connectivity index (χ4n) is 2.31. The van der Waals surface area contributed by atoms with Crippen LogP contribution in [-0.4, -0.2) is 44.2 Å². The molecule has 4 heteroatoms. The largest absolute Gasteiger partial charge is 0.492 e. The van der Waals surface area contributed by atoms with E-state index in [1.807, 2.05) is 24.3 Å². The second-order valence-electron chi connectivity index (χ2n) is 4.93. The maximum atomic E-state index is 6.04. The summed E-state index contributed by atoms with van der Waals surface area (Å²) in [7, 11) is 0. The summed E-state index contributed by atoms with van der Waals surface area (Å²) < 4.78 is 5.69.